The Labute approximate surface area is 198 Å². The summed E-state index contributed by atoms with van der Waals surface area (Å²) in [4.78, 5) is 13.3. The second-order valence-corrected chi connectivity index (χ2v) is 10.7. The Morgan fingerprint density at radius 2 is 1.76 bits per heavy atom. The summed E-state index contributed by atoms with van der Waals surface area (Å²) < 4.78 is 42.4. The maximum Gasteiger partial charge on any atom is 0.243 e. The molecule has 2 aliphatic heterocycles. The number of halogens is 1. The van der Waals surface area contributed by atoms with E-state index in [2.05, 4.69) is 15.5 Å². The highest BCUT2D eigenvalue weighted by Gasteiger charge is 2.39. The van der Waals surface area contributed by atoms with Crippen molar-refractivity contribution in [2.45, 2.75) is 49.1 Å². The molecule has 2 aromatic carbocycles. The fraction of sp³-hybridized carbons (Fsp3) is 0.375. The third-order valence-corrected chi connectivity index (χ3v) is 8.54. The lowest BCUT2D eigenvalue weighted by atomic mass is 9.97. The molecule has 0 saturated carbocycles. The van der Waals surface area contributed by atoms with Crippen molar-refractivity contribution in [3.63, 3.8) is 0 Å². The predicted octanol–water partition coefficient (Wildman–Crippen LogP) is 3.00. The largest absolute Gasteiger partial charge is 0.593 e. The summed E-state index contributed by atoms with van der Waals surface area (Å²) in [5, 5.41) is 11.6. The summed E-state index contributed by atoms with van der Waals surface area (Å²) in [5.74, 6) is 1.15. The third-order valence-electron chi connectivity index (χ3n) is 6.63. The molecular weight excluding hydrogens is 457 g/mol. The molecule has 1 fully saturated rings. The fourth-order valence-electron chi connectivity index (χ4n) is 4.77. The van der Waals surface area contributed by atoms with Crippen LogP contribution in [0.15, 0.2) is 59.5 Å². The van der Waals surface area contributed by atoms with Gasteiger partial charge in [0.05, 0.1) is 0 Å². The van der Waals surface area contributed by atoms with Crippen LogP contribution in [-0.2, 0) is 32.4 Å². The van der Waals surface area contributed by atoms with Crippen molar-refractivity contribution in [1.29, 1.82) is 0 Å². The van der Waals surface area contributed by atoms with Gasteiger partial charge in [-0.2, -0.15) is 0 Å². The van der Waals surface area contributed by atoms with Crippen molar-refractivity contribution in [3.8, 4) is 0 Å². The van der Waals surface area contributed by atoms with Crippen LogP contribution in [-0.4, -0.2) is 42.6 Å². The quantitative estimate of drug-likeness (QED) is 0.543. The second-order valence-electron chi connectivity index (χ2n) is 8.73. The van der Waals surface area contributed by atoms with Gasteiger partial charge in [0.25, 0.3) is 0 Å². The summed E-state index contributed by atoms with van der Waals surface area (Å²) in [6.45, 7) is 1.11. The number of fused-ring (bicyclic) bond motifs is 1. The standard InChI is InChI=1S/C24H26FN5O3S/c25-19-8-6-17(7-9-19)16-26-24(31)21-10-11-22-27-28-23(30(21)22)18-12-14-29(15-13-18)34(32,33)20-4-2-1-3-5-20/h1-9,18,21H,10-16H2,(H-,26,31,32,33). The SMILES string of the molecule is O=C(NCc1ccc(F)cc1)C1CCc2nnc(C3CCN([S+](=O)([O-])c4ccccc4)CC3)n21. The smallest absolute Gasteiger partial charge is 0.243 e. The van der Waals surface area contributed by atoms with E-state index in [1.807, 2.05) is 4.57 Å². The molecule has 178 valence electrons. The molecular formula is C24H26FN5O3S. The Morgan fingerprint density at radius 3 is 2.47 bits per heavy atom. The van der Waals surface area contributed by atoms with Crippen molar-refractivity contribution < 1.29 is 17.9 Å². The first kappa shape index (κ1) is 22.8. The molecule has 34 heavy (non-hydrogen) atoms. The minimum Gasteiger partial charge on any atom is -0.593 e. The maximum atomic E-state index is 13.1. The van der Waals surface area contributed by atoms with Gasteiger partial charge in [-0.05, 0) is 49.1 Å². The van der Waals surface area contributed by atoms with Gasteiger partial charge in [0.2, 0.25) is 5.91 Å². The molecule has 0 radical (unpaired) electrons. The number of nitrogens with zero attached hydrogens (tertiary/aromatic N) is 4. The number of aryl methyl sites for hydroxylation is 1. The molecule has 1 N–H and O–H groups in total. The van der Waals surface area contributed by atoms with E-state index in [0.717, 1.165) is 17.2 Å². The molecule has 0 aliphatic carbocycles. The van der Waals surface area contributed by atoms with Crippen LogP contribution < -0.4 is 5.32 Å². The number of sulfonamides is 1. The van der Waals surface area contributed by atoms with Crippen LogP contribution in [0.5, 0.6) is 0 Å². The Kier molecular flexibility index (Phi) is 6.28. The van der Waals surface area contributed by atoms with E-state index in [4.69, 9.17) is 0 Å². The monoisotopic (exact) mass is 483 g/mol. The number of carbonyl (C=O) groups excluding carboxylic acids is 1. The molecule has 1 amide bonds. The molecule has 0 spiro atoms. The number of hydrogen-bond acceptors (Lipinski definition) is 5. The van der Waals surface area contributed by atoms with Crippen LogP contribution in [0.1, 0.15) is 48.4 Å². The third kappa shape index (κ3) is 4.40. The topological polar surface area (TPSA) is 103 Å². The maximum absolute atomic E-state index is 13.1. The van der Waals surface area contributed by atoms with E-state index in [9.17, 15) is 17.9 Å². The average Bonchev–Trinajstić information content (AvgIpc) is 3.47. The van der Waals surface area contributed by atoms with E-state index in [0.29, 0.717) is 50.2 Å². The van der Waals surface area contributed by atoms with Crippen molar-refractivity contribution >= 4 is 16.3 Å². The molecule has 1 aromatic heterocycles. The number of piperidine rings is 1. The van der Waals surface area contributed by atoms with E-state index < -0.39 is 16.4 Å². The second kappa shape index (κ2) is 9.36. The summed E-state index contributed by atoms with van der Waals surface area (Å²) in [6, 6.07) is 14.1. The van der Waals surface area contributed by atoms with Crippen LogP contribution in [0, 0.1) is 5.82 Å². The molecule has 3 heterocycles. The van der Waals surface area contributed by atoms with Crippen LogP contribution in [0.3, 0.4) is 0 Å². The molecule has 8 nitrogen and oxygen atoms in total. The number of rotatable bonds is 6. The van der Waals surface area contributed by atoms with Gasteiger partial charge < -0.3 is 14.4 Å². The first-order valence-corrected chi connectivity index (χ1v) is 12.9. The molecule has 5 rings (SSSR count). The Bertz CT molecular complexity index is 1210. The van der Waals surface area contributed by atoms with Gasteiger partial charge in [-0.1, -0.05) is 34.5 Å². The van der Waals surface area contributed by atoms with Gasteiger partial charge in [0.15, 0.2) is 15.3 Å². The van der Waals surface area contributed by atoms with Crippen molar-refractivity contribution in [3.05, 3.63) is 77.6 Å². The zero-order valence-corrected chi connectivity index (χ0v) is 19.4. The number of nitrogens with one attached hydrogen (secondary N) is 1. The lowest BCUT2D eigenvalue weighted by Crippen LogP contribution is -2.42. The summed E-state index contributed by atoms with van der Waals surface area (Å²) in [5.41, 5.74) is 0.823. The van der Waals surface area contributed by atoms with Crippen LogP contribution in [0.25, 0.3) is 0 Å². The number of benzene rings is 2. The molecule has 1 saturated heterocycles. The van der Waals surface area contributed by atoms with Crippen LogP contribution >= 0.6 is 0 Å². The normalized spacial score (nSPS) is 20.6. The van der Waals surface area contributed by atoms with Gasteiger partial charge >= 0.3 is 0 Å². The van der Waals surface area contributed by atoms with E-state index in [1.54, 1.807) is 42.5 Å². The highest BCUT2D eigenvalue weighted by molar-refractivity contribution is 7.95. The van der Waals surface area contributed by atoms with Crippen LogP contribution in [0.4, 0.5) is 4.39 Å². The minimum atomic E-state index is -3.52. The zero-order chi connectivity index (χ0) is 23.7. The molecule has 2 aliphatic rings. The first-order chi connectivity index (χ1) is 16.4. The lowest BCUT2D eigenvalue weighted by Gasteiger charge is -2.33. The zero-order valence-electron chi connectivity index (χ0n) is 18.6. The molecule has 3 aromatic rings. The fourth-order valence-corrected chi connectivity index (χ4v) is 6.27. The molecule has 2 unspecified atom stereocenters. The van der Waals surface area contributed by atoms with Gasteiger partial charge in [-0.15, -0.1) is 14.5 Å². The summed E-state index contributed by atoms with van der Waals surface area (Å²) >= 11 is 0. The number of hydrogen-bond donors (Lipinski definition) is 1. The number of amides is 1. The van der Waals surface area contributed by atoms with Crippen molar-refractivity contribution in [2.24, 2.45) is 0 Å². The van der Waals surface area contributed by atoms with Crippen molar-refractivity contribution in [1.82, 2.24) is 24.4 Å². The average molecular weight is 484 g/mol. The minimum absolute atomic E-state index is 0.0361. The van der Waals surface area contributed by atoms with E-state index in [1.165, 1.54) is 16.4 Å². The number of carbonyl (C=O) groups is 1. The Hall–Kier alpha value is -2.95. The summed E-state index contributed by atoms with van der Waals surface area (Å²) in [6.07, 6.45) is 2.55. The van der Waals surface area contributed by atoms with E-state index in [-0.39, 0.29) is 17.6 Å². The first-order valence-electron chi connectivity index (χ1n) is 11.4. The van der Waals surface area contributed by atoms with Gasteiger partial charge in [-0.3, -0.25) is 4.79 Å². The van der Waals surface area contributed by atoms with Gasteiger partial charge in [-0.25, -0.2) is 4.39 Å². The summed E-state index contributed by atoms with van der Waals surface area (Å²) in [7, 11) is -3.52. The Balaban J connectivity index is 1.25. The van der Waals surface area contributed by atoms with E-state index >= 15 is 0 Å². The lowest BCUT2D eigenvalue weighted by molar-refractivity contribution is -0.124. The highest BCUT2D eigenvalue weighted by atomic mass is 32.3. The van der Waals surface area contributed by atoms with Gasteiger partial charge in [0.1, 0.15) is 23.5 Å². The number of aromatic nitrogens is 3. The van der Waals surface area contributed by atoms with Crippen molar-refractivity contribution in [2.75, 3.05) is 13.1 Å². The highest BCUT2D eigenvalue weighted by Crippen LogP contribution is 2.36. The van der Waals surface area contributed by atoms with Gasteiger partial charge in [0, 0.05) is 32.0 Å². The predicted molar refractivity (Wildman–Crippen MR) is 123 cm³/mol. The molecule has 10 heteroatoms. The van der Waals surface area contributed by atoms with Crippen LogP contribution in [0.2, 0.25) is 0 Å². The molecule has 0 bridgehead atoms. The molecule has 2 atom stereocenters. The Morgan fingerprint density at radius 1 is 1.06 bits per heavy atom.